The van der Waals surface area contributed by atoms with Crippen molar-refractivity contribution in [1.29, 1.82) is 0 Å². The summed E-state index contributed by atoms with van der Waals surface area (Å²) in [7, 11) is 1.55. The molecule has 0 aliphatic heterocycles. The van der Waals surface area contributed by atoms with Gasteiger partial charge >= 0.3 is 5.97 Å². The maximum Gasteiger partial charge on any atom is 0.329 e. The molecule has 1 aliphatic rings. The van der Waals surface area contributed by atoms with Crippen LogP contribution in [-0.4, -0.2) is 39.5 Å². The monoisotopic (exact) mass is 344 g/mol. The summed E-state index contributed by atoms with van der Waals surface area (Å²) in [6.45, 7) is 1.68. The smallest absolute Gasteiger partial charge is 0.329 e. The number of aryl methyl sites for hydroxylation is 1. The third kappa shape index (κ3) is 2.97. The largest absolute Gasteiger partial charge is 0.479 e. The Morgan fingerprint density at radius 2 is 1.88 bits per heavy atom. The van der Waals surface area contributed by atoms with E-state index in [9.17, 15) is 19.1 Å². The molecule has 5 nitrogen and oxygen atoms in total. The predicted molar refractivity (Wildman–Crippen MR) is 92.0 cm³/mol. The molecule has 1 aromatic carbocycles. The number of aromatic nitrogens is 1. The lowest BCUT2D eigenvalue weighted by atomic mass is 9.80. The number of carboxylic acids is 1. The van der Waals surface area contributed by atoms with Crippen LogP contribution in [0.15, 0.2) is 24.3 Å². The first-order valence-electron chi connectivity index (χ1n) is 8.43. The summed E-state index contributed by atoms with van der Waals surface area (Å²) < 4.78 is 13.4. The third-order valence-corrected chi connectivity index (χ3v) is 5.23. The van der Waals surface area contributed by atoms with Crippen LogP contribution in [-0.2, 0) is 4.79 Å². The van der Waals surface area contributed by atoms with Crippen LogP contribution in [0.5, 0.6) is 0 Å². The SMILES string of the molecule is Cc1nc2cc(F)ccc2cc1C(=O)N(C)C1(C(=O)O)CCCCC1. The number of rotatable bonds is 3. The number of aliphatic carboxylic acids is 1. The Bertz CT molecular complexity index is 844. The maximum atomic E-state index is 13.4. The summed E-state index contributed by atoms with van der Waals surface area (Å²) in [5.74, 6) is -1.71. The maximum absolute atomic E-state index is 13.4. The molecule has 6 heteroatoms. The quantitative estimate of drug-likeness (QED) is 0.924. The highest BCUT2D eigenvalue weighted by molar-refractivity contribution is 6.01. The Kier molecular flexibility index (Phi) is 4.45. The number of pyridine rings is 1. The van der Waals surface area contributed by atoms with Crippen molar-refractivity contribution in [2.24, 2.45) is 0 Å². The second kappa shape index (κ2) is 6.43. The summed E-state index contributed by atoms with van der Waals surface area (Å²) in [5, 5.41) is 10.4. The highest BCUT2D eigenvalue weighted by Gasteiger charge is 2.45. The molecule has 1 saturated carbocycles. The van der Waals surface area contributed by atoms with Crippen LogP contribution in [0, 0.1) is 12.7 Å². The average Bonchev–Trinajstić information content (AvgIpc) is 2.60. The van der Waals surface area contributed by atoms with E-state index in [1.54, 1.807) is 26.1 Å². The fourth-order valence-corrected chi connectivity index (χ4v) is 3.66. The molecule has 0 unspecified atom stereocenters. The molecular formula is C19H21FN2O3. The summed E-state index contributed by atoms with van der Waals surface area (Å²) in [6, 6.07) is 5.87. The first kappa shape index (κ1) is 17.3. The standard InChI is InChI=1S/C19H21FN2O3/c1-12-15(10-13-6-7-14(20)11-16(13)21-12)17(23)22(2)19(18(24)25)8-4-3-5-9-19/h6-7,10-11H,3-5,8-9H2,1-2H3,(H,24,25). The first-order chi connectivity index (χ1) is 11.8. The minimum absolute atomic E-state index is 0.354. The van der Waals surface area contributed by atoms with Crippen molar-refractivity contribution in [1.82, 2.24) is 9.88 Å². The van der Waals surface area contributed by atoms with Crippen LogP contribution < -0.4 is 0 Å². The molecule has 132 valence electrons. The van der Waals surface area contributed by atoms with Gasteiger partial charge in [0.1, 0.15) is 11.4 Å². The van der Waals surface area contributed by atoms with Crippen LogP contribution in [0.3, 0.4) is 0 Å². The first-order valence-corrected chi connectivity index (χ1v) is 8.43. The average molecular weight is 344 g/mol. The molecule has 1 amide bonds. The lowest BCUT2D eigenvalue weighted by Gasteiger charge is -2.41. The van der Waals surface area contributed by atoms with Gasteiger partial charge < -0.3 is 10.0 Å². The molecule has 3 rings (SSSR count). The number of fused-ring (bicyclic) bond motifs is 1. The van der Waals surface area contributed by atoms with Gasteiger partial charge in [-0.1, -0.05) is 19.3 Å². The Balaban J connectivity index is 2.01. The number of nitrogens with zero attached hydrogens (tertiary/aromatic N) is 2. The van der Waals surface area contributed by atoms with Crippen molar-refractivity contribution >= 4 is 22.8 Å². The Morgan fingerprint density at radius 1 is 1.20 bits per heavy atom. The van der Waals surface area contributed by atoms with Gasteiger partial charge in [0.15, 0.2) is 0 Å². The number of carboxylic acid groups (broad SMARTS) is 1. The highest BCUT2D eigenvalue weighted by atomic mass is 19.1. The molecule has 0 bridgehead atoms. The fraction of sp³-hybridized carbons (Fsp3) is 0.421. The second-order valence-corrected chi connectivity index (χ2v) is 6.72. The van der Waals surface area contributed by atoms with Crippen LogP contribution in [0.2, 0.25) is 0 Å². The van der Waals surface area contributed by atoms with Crippen molar-refractivity contribution in [2.45, 2.75) is 44.6 Å². The van der Waals surface area contributed by atoms with Crippen LogP contribution in [0.1, 0.15) is 48.2 Å². The molecule has 0 saturated heterocycles. The van der Waals surface area contributed by atoms with E-state index >= 15 is 0 Å². The zero-order valence-corrected chi connectivity index (χ0v) is 14.4. The van der Waals surface area contributed by atoms with Crippen molar-refractivity contribution in [3.05, 3.63) is 41.3 Å². The van der Waals surface area contributed by atoms with Gasteiger partial charge in [0, 0.05) is 18.5 Å². The van der Waals surface area contributed by atoms with Gasteiger partial charge in [0.25, 0.3) is 5.91 Å². The van der Waals surface area contributed by atoms with E-state index in [0.29, 0.717) is 35.0 Å². The van der Waals surface area contributed by atoms with E-state index in [4.69, 9.17) is 0 Å². The molecule has 1 aliphatic carbocycles. The highest BCUT2D eigenvalue weighted by Crippen LogP contribution is 2.34. The van der Waals surface area contributed by atoms with E-state index in [1.807, 2.05) is 0 Å². The molecule has 0 spiro atoms. The lowest BCUT2D eigenvalue weighted by Crippen LogP contribution is -2.56. The van der Waals surface area contributed by atoms with Gasteiger partial charge in [-0.2, -0.15) is 0 Å². The van der Waals surface area contributed by atoms with Gasteiger partial charge in [0.05, 0.1) is 16.8 Å². The minimum atomic E-state index is -1.17. The molecule has 0 radical (unpaired) electrons. The molecule has 2 aromatic rings. The van der Waals surface area contributed by atoms with Gasteiger partial charge in [0.2, 0.25) is 0 Å². The second-order valence-electron chi connectivity index (χ2n) is 6.72. The van der Waals surface area contributed by atoms with Crippen LogP contribution in [0.25, 0.3) is 10.9 Å². The molecule has 25 heavy (non-hydrogen) atoms. The Labute approximate surface area is 145 Å². The summed E-state index contributed by atoms with van der Waals surface area (Å²) in [5.41, 5.74) is 0.126. The van der Waals surface area contributed by atoms with E-state index in [0.717, 1.165) is 19.3 Å². The van der Waals surface area contributed by atoms with Crippen LogP contribution in [0.4, 0.5) is 4.39 Å². The van der Waals surface area contributed by atoms with Gasteiger partial charge in [-0.25, -0.2) is 9.18 Å². The summed E-state index contributed by atoms with van der Waals surface area (Å²) in [4.78, 5) is 30.6. The van der Waals surface area contributed by atoms with Gasteiger partial charge in [-0.3, -0.25) is 9.78 Å². The van der Waals surface area contributed by atoms with Crippen molar-refractivity contribution in [2.75, 3.05) is 7.05 Å². The number of carbonyl (C=O) groups excluding carboxylic acids is 1. The summed E-state index contributed by atoms with van der Waals surface area (Å²) in [6.07, 6.45) is 3.47. The normalized spacial score (nSPS) is 16.6. The van der Waals surface area contributed by atoms with Gasteiger partial charge in [-0.15, -0.1) is 0 Å². The summed E-state index contributed by atoms with van der Waals surface area (Å²) >= 11 is 0. The lowest BCUT2D eigenvalue weighted by molar-refractivity contribution is -0.151. The Hall–Kier alpha value is -2.50. The molecule has 0 atom stereocenters. The zero-order chi connectivity index (χ0) is 18.2. The molecular weight excluding hydrogens is 323 g/mol. The third-order valence-electron chi connectivity index (χ3n) is 5.23. The van der Waals surface area contributed by atoms with Crippen molar-refractivity contribution in [3.8, 4) is 0 Å². The van der Waals surface area contributed by atoms with E-state index < -0.39 is 11.5 Å². The number of benzene rings is 1. The number of amides is 1. The number of halogens is 1. The van der Waals surface area contributed by atoms with Gasteiger partial charge in [-0.05, 0) is 38.0 Å². The number of likely N-dealkylation sites (N-methyl/N-ethyl adjacent to an activating group) is 1. The zero-order valence-electron chi connectivity index (χ0n) is 14.4. The topological polar surface area (TPSA) is 70.5 Å². The van der Waals surface area contributed by atoms with E-state index in [2.05, 4.69) is 4.98 Å². The molecule has 1 fully saturated rings. The molecule has 1 N–H and O–H groups in total. The van der Waals surface area contributed by atoms with Crippen molar-refractivity contribution in [3.63, 3.8) is 0 Å². The number of hydrogen-bond donors (Lipinski definition) is 1. The van der Waals surface area contributed by atoms with E-state index in [-0.39, 0.29) is 11.7 Å². The van der Waals surface area contributed by atoms with E-state index in [1.165, 1.54) is 17.0 Å². The molecule has 1 aromatic heterocycles. The van der Waals surface area contributed by atoms with Crippen molar-refractivity contribution < 1.29 is 19.1 Å². The fourth-order valence-electron chi connectivity index (χ4n) is 3.66. The molecule has 1 heterocycles. The minimum Gasteiger partial charge on any atom is -0.479 e. The number of hydrogen-bond acceptors (Lipinski definition) is 3. The predicted octanol–water partition coefficient (Wildman–Crippen LogP) is 3.54. The Morgan fingerprint density at radius 3 is 2.52 bits per heavy atom. The van der Waals surface area contributed by atoms with Crippen LogP contribution >= 0.6 is 0 Å². The number of carbonyl (C=O) groups is 2.